The third-order valence-electron chi connectivity index (χ3n) is 2.94. The molecule has 1 aromatic carbocycles. The first-order valence-corrected chi connectivity index (χ1v) is 7.63. The molecular formula is C15H21N3OS. The molecule has 20 heavy (non-hydrogen) atoms. The van der Waals surface area contributed by atoms with Crippen LogP contribution in [0.2, 0.25) is 0 Å². The molecule has 0 saturated carbocycles. The smallest absolute Gasteiger partial charge is 0.120 e. The van der Waals surface area contributed by atoms with Gasteiger partial charge in [-0.25, -0.2) is 4.98 Å². The first-order chi connectivity index (χ1) is 9.67. The lowest BCUT2D eigenvalue weighted by Crippen LogP contribution is -2.23. The molecule has 1 unspecified atom stereocenters. The Balaban J connectivity index is 1.93. The Bertz CT molecular complexity index is 516. The van der Waals surface area contributed by atoms with Gasteiger partial charge >= 0.3 is 0 Å². The first kappa shape index (κ1) is 15.0. The van der Waals surface area contributed by atoms with E-state index >= 15 is 0 Å². The number of benzene rings is 1. The molecule has 1 atom stereocenters. The van der Waals surface area contributed by atoms with Gasteiger partial charge < -0.3 is 10.5 Å². The van der Waals surface area contributed by atoms with Crippen molar-refractivity contribution in [3.8, 4) is 5.75 Å². The molecule has 0 radical (unpaired) electrons. The molecule has 0 aliphatic carbocycles. The predicted octanol–water partition coefficient (Wildman–Crippen LogP) is 2.50. The molecule has 0 aliphatic rings. The highest BCUT2D eigenvalue weighted by Gasteiger charge is 2.06. The molecule has 5 heteroatoms. The fraction of sp³-hybridized carbons (Fsp3) is 0.400. The van der Waals surface area contributed by atoms with E-state index < -0.39 is 0 Å². The fourth-order valence-electron chi connectivity index (χ4n) is 1.96. The third kappa shape index (κ3) is 4.59. The maximum atomic E-state index is 5.74. The number of nitrogens with zero attached hydrogens (tertiary/aromatic N) is 2. The average molecular weight is 291 g/mol. The maximum absolute atomic E-state index is 5.74. The first-order valence-electron chi connectivity index (χ1n) is 6.68. The van der Waals surface area contributed by atoms with Crippen LogP contribution in [-0.4, -0.2) is 29.6 Å². The highest BCUT2D eigenvalue weighted by molar-refractivity contribution is 7.07. The molecule has 1 aromatic heterocycles. The van der Waals surface area contributed by atoms with Crippen LogP contribution in [0.25, 0.3) is 0 Å². The van der Waals surface area contributed by atoms with Crippen LogP contribution in [0.4, 0.5) is 0 Å². The molecule has 0 bridgehead atoms. The van der Waals surface area contributed by atoms with E-state index in [2.05, 4.69) is 34.4 Å². The standard InChI is InChI=1S/C15H21N3OS/c1-12(7-16)19-15-5-3-4-13(6-15)8-18(2)9-14-10-20-11-17-14/h3-6,10-12H,7-9,16H2,1-2H3. The lowest BCUT2D eigenvalue weighted by atomic mass is 10.2. The van der Waals surface area contributed by atoms with E-state index in [0.29, 0.717) is 6.54 Å². The van der Waals surface area contributed by atoms with Crippen molar-refractivity contribution in [3.63, 3.8) is 0 Å². The Kier molecular flexibility index (Phi) is 5.52. The van der Waals surface area contributed by atoms with E-state index in [1.54, 1.807) is 11.3 Å². The normalized spacial score (nSPS) is 12.6. The highest BCUT2D eigenvalue weighted by atomic mass is 32.1. The second-order valence-electron chi connectivity index (χ2n) is 4.96. The predicted molar refractivity (Wildman–Crippen MR) is 82.9 cm³/mol. The van der Waals surface area contributed by atoms with Gasteiger partial charge in [0.15, 0.2) is 0 Å². The number of hydrogen-bond donors (Lipinski definition) is 1. The van der Waals surface area contributed by atoms with Gasteiger partial charge in [0, 0.05) is 25.0 Å². The van der Waals surface area contributed by atoms with Crippen molar-refractivity contribution in [1.29, 1.82) is 0 Å². The van der Waals surface area contributed by atoms with Gasteiger partial charge in [-0.1, -0.05) is 12.1 Å². The van der Waals surface area contributed by atoms with Crippen molar-refractivity contribution in [1.82, 2.24) is 9.88 Å². The summed E-state index contributed by atoms with van der Waals surface area (Å²) in [5, 5.41) is 2.08. The number of ether oxygens (including phenoxy) is 1. The van der Waals surface area contributed by atoms with Crippen LogP contribution in [0, 0.1) is 0 Å². The number of aromatic nitrogens is 1. The van der Waals surface area contributed by atoms with Crippen molar-refractivity contribution in [2.45, 2.75) is 26.1 Å². The van der Waals surface area contributed by atoms with E-state index in [-0.39, 0.29) is 6.10 Å². The van der Waals surface area contributed by atoms with Crippen LogP contribution in [0.1, 0.15) is 18.2 Å². The summed E-state index contributed by atoms with van der Waals surface area (Å²) in [6.45, 7) is 4.22. The number of rotatable bonds is 7. The van der Waals surface area contributed by atoms with Crippen molar-refractivity contribution >= 4 is 11.3 Å². The summed E-state index contributed by atoms with van der Waals surface area (Å²) in [5.74, 6) is 0.877. The Morgan fingerprint density at radius 1 is 1.40 bits per heavy atom. The summed E-state index contributed by atoms with van der Waals surface area (Å²) >= 11 is 1.63. The highest BCUT2D eigenvalue weighted by Crippen LogP contribution is 2.16. The zero-order valence-electron chi connectivity index (χ0n) is 12.0. The van der Waals surface area contributed by atoms with Gasteiger partial charge in [0.25, 0.3) is 0 Å². The van der Waals surface area contributed by atoms with Crippen LogP contribution in [0.15, 0.2) is 35.2 Å². The van der Waals surface area contributed by atoms with Gasteiger partial charge in [0.2, 0.25) is 0 Å². The lowest BCUT2D eigenvalue weighted by molar-refractivity contribution is 0.229. The molecule has 0 spiro atoms. The summed E-state index contributed by atoms with van der Waals surface area (Å²) in [7, 11) is 2.09. The molecule has 0 aliphatic heterocycles. The van der Waals surface area contributed by atoms with Crippen molar-refractivity contribution in [3.05, 3.63) is 46.4 Å². The fourth-order valence-corrected chi connectivity index (χ4v) is 2.51. The molecule has 4 nitrogen and oxygen atoms in total. The Labute approximate surface area is 124 Å². The summed E-state index contributed by atoms with van der Waals surface area (Å²) in [6, 6.07) is 8.17. The molecule has 2 rings (SSSR count). The zero-order chi connectivity index (χ0) is 14.4. The Hall–Kier alpha value is -1.43. The molecule has 0 fully saturated rings. The Morgan fingerprint density at radius 3 is 2.95 bits per heavy atom. The SMILES string of the molecule is CC(CN)Oc1cccc(CN(C)Cc2cscn2)c1. The molecule has 2 N–H and O–H groups in total. The Morgan fingerprint density at radius 2 is 2.25 bits per heavy atom. The maximum Gasteiger partial charge on any atom is 0.120 e. The molecule has 0 saturated heterocycles. The van der Waals surface area contributed by atoms with Gasteiger partial charge in [-0.2, -0.15) is 0 Å². The van der Waals surface area contributed by atoms with Crippen molar-refractivity contribution in [2.75, 3.05) is 13.6 Å². The largest absolute Gasteiger partial charge is 0.489 e. The zero-order valence-corrected chi connectivity index (χ0v) is 12.8. The van der Waals surface area contributed by atoms with Gasteiger partial charge in [-0.15, -0.1) is 11.3 Å². The van der Waals surface area contributed by atoms with Crippen molar-refractivity contribution < 1.29 is 4.74 Å². The van der Waals surface area contributed by atoms with Gasteiger partial charge in [0.1, 0.15) is 11.9 Å². The lowest BCUT2D eigenvalue weighted by Gasteiger charge is -2.17. The van der Waals surface area contributed by atoms with E-state index in [1.165, 1.54) is 5.56 Å². The second kappa shape index (κ2) is 7.38. The average Bonchev–Trinajstić information content (AvgIpc) is 2.91. The minimum atomic E-state index is 0.0398. The van der Waals surface area contributed by atoms with E-state index in [9.17, 15) is 0 Å². The molecule has 1 heterocycles. The second-order valence-corrected chi connectivity index (χ2v) is 5.68. The van der Waals surface area contributed by atoms with Gasteiger partial charge in [-0.3, -0.25) is 4.90 Å². The van der Waals surface area contributed by atoms with Crippen LogP contribution < -0.4 is 10.5 Å². The van der Waals surface area contributed by atoms with Gasteiger partial charge in [0.05, 0.1) is 11.2 Å². The molecule has 0 amide bonds. The molecule has 2 aromatic rings. The topological polar surface area (TPSA) is 51.4 Å². The third-order valence-corrected chi connectivity index (χ3v) is 3.57. The summed E-state index contributed by atoms with van der Waals surface area (Å²) in [5.41, 5.74) is 9.78. The minimum absolute atomic E-state index is 0.0398. The molecular weight excluding hydrogens is 270 g/mol. The van der Waals surface area contributed by atoms with Crippen LogP contribution in [-0.2, 0) is 13.1 Å². The molecule has 108 valence electrons. The van der Waals surface area contributed by atoms with Crippen LogP contribution >= 0.6 is 11.3 Å². The van der Waals surface area contributed by atoms with Gasteiger partial charge in [-0.05, 0) is 31.7 Å². The summed E-state index contributed by atoms with van der Waals surface area (Å²) in [6.07, 6.45) is 0.0398. The summed E-state index contributed by atoms with van der Waals surface area (Å²) in [4.78, 5) is 6.54. The van der Waals surface area contributed by atoms with E-state index in [1.807, 2.05) is 24.6 Å². The van der Waals surface area contributed by atoms with Crippen molar-refractivity contribution in [2.24, 2.45) is 5.73 Å². The van der Waals surface area contributed by atoms with E-state index in [4.69, 9.17) is 10.5 Å². The summed E-state index contributed by atoms with van der Waals surface area (Å²) < 4.78 is 5.74. The quantitative estimate of drug-likeness (QED) is 0.851. The number of nitrogens with two attached hydrogens (primary N) is 1. The number of hydrogen-bond acceptors (Lipinski definition) is 5. The minimum Gasteiger partial charge on any atom is -0.489 e. The number of thiazole rings is 1. The van der Waals surface area contributed by atoms with E-state index in [0.717, 1.165) is 24.5 Å². The van der Waals surface area contributed by atoms with Crippen LogP contribution in [0.5, 0.6) is 5.75 Å². The monoisotopic (exact) mass is 291 g/mol. The van der Waals surface area contributed by atoms with Crippen LogP contribution in [0.3, 0.4) is 0 Å².